The quantitative estimate of drug-likeness (QED) is 0.149. The zero-order valence-electron chi connectivity index (χ0n) is 29.1. The van der Waals surface area contributed by atoms with Crippen LogP contribution in [0.15, 0.2) is 170 Å². The minimum Gasteiger partial charge on any atom is -0.264 e. The van der Waals surface area contributed by atoms with Crippen molar-refractivity contribution >= 4 is 129 Å². The van der Waals surface area contributed by atoms with Gasteiger partial charge in [0.15, 0.2) is 0 Å². The summed E-state index contributed by atoms with van der Waals surface area (Å²) in [5, 5.41) is 30.1. The van der Waals surface area contributed by atoms with Crippen molar-refractivity contribution in [2.45, 2.75) is 0 Å². The van der Waals surface area contributed by atoms with Gasteiger partial charge in [0, 0.05) is 35.6 Å². The van der Waals surface area contributed by atoms with E-state index in [1.54, 1.807) is 0 Å². The van der Waals surface area contributed by atoms with Gasteiger partial charge in [-0.3, -0.25) is 9.97 Å². The van der Waals surface area contributed by atoms with Crippen LogP contribution in [-0.4, -0.2) is 9.97 Å². The largest absolute Gasteiger partial charge is 0.264 e. The Bertz CT molecular complexity index is 3540. The molecule has 13 aromatic rings. The lowest BCUT2D eigenvalue weighted by atomic mass is 9.85. The van der Waals surface area contributed by atoms with Crippen LogP contribution in [-0.2, 0) is 0 Å². The molecule has 2 heteroatoms. The first-order valence-corrected chi connectivity index (χ1v) is 18.6. The number of hydrogen-bond donors (Lipinski definition) is 0. The van der Waals surface area contributed by atoms with Crippen molar-refractivity contribution in [1.29, 1.82) is 0 Å². The third-order valence-corrected chi connectivity index (χ3v) is 12.3. The number of benzene rings is 11. The number of fused-ring (bicyclic) bond motifs is 23. The molecule has 0 spiro atoms. The Hall–Kier alpha value is -7.16. The first kappa shape index (κ1) is 28.4. The van der Waals surface area contributed by atoms with E-state index in [2.05, 4.69) is 156 Å². The van der Waals surface area contributed by atoms with Gasteiger partial charge in [-0.2, -0.15) is 0 Å². The molecule has 2 heterocycles. The second-order valence-electron chi connectivity index (χ2n) is 14.9. The van der Waals surface area contributed by atoms with Crippen molar-refractivity contribution in [3.63, 3.8) is 0 Å². The van der Waals surface area contributed by atoms with Gasteiger partial charge in [-0.05, 0) is 131 Å². The van der Waals surface area contributed by atoms with E-state index in [-0.39, 0.29) is 0 Å². The standard InChI is InChI=1S/C52H28N2/c1-3-31-5-7-33-9-11-35-13-15-37-17-19-39-21-22-40-20-18-38-16-14-36-12-10-34-8-6-32-4-2-30-24-26-54-28-42(30)44(32)46(34)48(36)50(38)52(40)51(39)49(37)47(35)45(33)43(31)41-27-53-25-23-29(1)41/h1-28H. The molecule has 0 fully saturated rings. The lowest BCUT2D eigenvalue weighted by molar-refractivity contribution is 1.37. The summed E-state index contributed by atoms with van der Waals surface area (Å²) in [6.07, 6.45) is 7.88. The molecular weight excluding hydrogens is 653 g/mol. The third kappa shape index (κ3) is 3.64. The summed E-state index contributed by atoms with van der Waals surface area (Å²) in [6, 6.07) is 54.7. The number of nitrogens with zero attached hydrogens (tertiary/aromatic N) is 2. The van der Waals surface area contributed by atoms with Crippen LogP contribution in [0.2, 0.25) is 0 Å². The molecule has 13 rings (SSSR count). The van der Waals surface area contributed by atoms with Crippen molar-refractivity contribution in [2.24, 2.45) is 0 Å². The highest BCUT2D eigenvalue weighted by molar-refractivity contribution is 6.42. The SMILES string of the molecule is c1cc2ccc3ccc4ccc5ccc6ccc7ccc8ccc9ccc%10ccc%11ccc%12ccc%13ccncc%13c%12c%11c%10c9c8c7c6c5c4c3c2cn1. The molecule has 2 nitrogen and oxygen atoms in total. The van der Waals surface area contributed by atoms with Gasteiger partial charge >= 0.3 is 0 Å². The van der Waals surface area contributed by atoms with Crippen molar-refractivity contribution in [3.8, 4) is 0 Å². The average molecular weight is 681 g/mol. The summed E-state index contributed by atoms with van der Waals surface area (Å²) in [5.41, 5.74) is 0. The summed E-state index contributed by atoms with van der Waals surface area (Å²) in [4.78, 5) is 9.26. The Morgan fingerprint density at radius 1 is 0.185 bits per heavy atom. The van der Waals surface area contributed by atoms with Gasteiger partial charge in [-0.15, -0.1) is 0 Å². The molecular formula is C52H28N2. The fourth-order valence-electron chi connectivity index (χ4n) is 9.89. The Labute approximate surface area is 308 Å². The predicted octanol–water partition coefficient (Wildman–Crippen LogP) is 14.3. The van der Waals surface area contributed by atoms with Crippen molar-refractivity contribution in [1.82, 2.24) is 9.97 Å². The van der Waals surface area contributed by atoms with Crippen LogP contribution in [0.25, 0.3) is 129 Å². The molecule has 0 saturated carbocycles. The van der Waals surface area contributed by atoms with Gasteiger partial charge in [0.05, 0.1) is 0 Å². The summed E-state index contributed by atoms with van der Waals surface area (Å²) in [7, 11) is 0. The molecule has 11 aromatic carbocycles. The maximum absolute atomic E-state index is 4.63. The van der Waals surface area contributed by atoms with Crippen LogP contribution in [0, 0.1) is 0 Å². The Balaban J connectivity index is 1.36. The first-order valence-electron chi connectivity index (χ1n) is 18.6. The lowest BCUT2D eigenvalue weighted by Crippen LogP contribution is -1.90. The zero-order valence-corrected chi connectivity index (χ0v) is 29.1. The van der Waals surface area contributed by atoms with E-state index in [1.165, 1.54) is 129 Å². The summed E-state index contributed by atoms with van der Waals surface area (Å²) >= 11 is 0. The molecule has 0 unspecified atom stereocenters. The molecule has 0 aliphatic rings. The normalized spacial score (nSPS) is 12.4. The van der Waals surface area contributed by atoms with Crippen LogP contribution in [0.4, 0.5) is 0 Å². The van der Waals surface area contributed by atoms with E-state index in [1.807, 2.05) is 24.8 Å². The number of aromatic nitrogens is 2. The van der Waals surface area contributed by atoms with Crippen LogP contribution < -0.4 is 0 Å². The van der Waals surface area contributed by atoms with E-state index < -0.39 is 0 Å². The minimum absolute atomic E-state index is 1.19. The Morgan fingerprint density at radius 2 is 0.370 bits per heavy atom. The second-order valence-corrected chi connectivity index (χ2v) is 14.9. The van der Waals surface area contributed by atoms with Crippen LogP contribution in [0.1, 0.15) is 0 Å². The highest BCUT2D eigenvalue weighted by atomic mass is 14.6. The Kier molecular flexibility index (Phi) is 5.39. The highest BCUT2D eigenvalue weighted by Gasteiger charge is 2.19. The molecule has 0 bridgehead atoms. The highest BCUT2D eigenvalue weighted by Crippen LogP contribution is 2.47. The fourth-order valence-corrected chi connectivity index (χ4v) is 9.89. The van der Waals surface area contributed by atoms with E-state index >= 15 is 0 Å². The molecule has 54 heavy (non-hydrogen) atoms. The lowest BCUT2D eigenvalue weighted by Gasteiger charge is -2.18. The Morgan fingerprint density at radius 3 is 0.611 bits per heavy atom. The molecule has 0 aliphatic heterocycles. The molecule has 0 N–H and O–H groups in total. The van der Waals surface area contributed by atoms with E-state index in [0.29, 0.717) is 0 Å². The van der Waals surface area contributed by atoms with E-state index in [0.717, 1.165) is 0 Å². The van der Waals surface area contributed by atoms with Crippen LogP contribution in [0.5, 0.6) is 0 Å². The smallest absolute Gasteiger partial charge is 0.0352 e. The third-order valence-electron chi connectivity index (χ3n) is 12.3. The zero-order chi connectivity index (χ0) is 35.1. The summed E-state index contributed by atoms with van der Waals surface area (Å²) in [6.45, 7) is 0. The molecule has 2 aromatic heterocycles. The summed E-state index contributed by atoms with van der Waals surface area (Å²) < 4.78 is 0. The molecule has 0 radical (unpaired) electrons. The van der Waals surface area contributed by atoms with Gasteiger partial charge in [0.25, 0.3) is 0 Å². The average Bonchev–Trinajstić information content (AvgIpc) is 3.24. The second kappa shape index (κ2) is 10.2. The maximum atomic E-state index is 4.63. The maximum Gasteiger partial charge on any atom is 0.0352 e. The van der Waals surface area contributed by atoms with Gasteiger partial charge in [0.2, 0.25) is 0 Å². The van der Waals surface area contributed by atoms with Crippen LogP contribution >= 0.6 is 0 Å². The van der Waals surface area contributed by atoms with Gasteiger partial charge in [-0.25, -0.2) is 0 Å². The van der Waals surface area contributed by atoms with Gasteiger partial charge in [-0.1, -0.05) is 133 Å². The summed E-state index contributed by atoms with van der Waals surface area (Å²) in [5.74, 6) is 0. The number of hydrogen-bond acceptors (Lipinski definition) is 2. The molecule has 246 valence electrons. The van der Waals surface area contributed by atoms with E-state index in [9.17, 15) is 0 Å². The number of rotatable bonds is 0. The van der Waals surface area contributed by atoms with E-state index in [4.69, 9.17) is 0 Å². The molecule has 0 amide bonds. The molecule has 0 atom stereocenters. The first-order chi connectivity index (χ1) is 26.8. The topological polar surface area (TPSA) is 25.8 Å². The predicted molar refractivity (Wildman–Crippen MR) is 232 cm³/mol. The molecule has 0 aliphatic carbocycles. The van der Waals surface area contributed by atoms with Crippen LogP contribution in [0.3, 0.4) is 0 Å². The van der Waals surface area contributed by atoms with Crippen molar-refractivity contribution in [2.75, 3.05) is 0 Å². The molecule has 0 saturated heterocycles. The number of pyridine rings is 2. The monoisotopic (exact) mass is 680 g/mol. The van der Waals surface area contributed by atoms with Gasteiger partial charge in [0.1, 0.15) is 0 Å². The fraction of sp³-hybridized carbons (Fsp3) is 0. The van der Waals surface area contributed by atoms with Gasteiger partial charge < -0.3 is 0 Å². The van der Waals surface area contributed by atoms with Crippen molar-refractivity contribution < 1.29 is 0 Å². The minimum atomic E-state index is 1.19. The van der Waals surface area contributed by atoms with Crippen molar-refractivity contribution in [3.05, 3.63) is 170 Å².